The Morgan fingerprint density at radius 2 is 1.86 bits per heavy atom. The van der Waals surface area contributed by atoms with Gasteiger partial charge in [0.1, 0.15) is 5.82 Å². The summed E-state index contributed by atoms with van der Waals surface area (Å²) < 4.78 is 0. The van der Waals surface area contributed by atoms with E-state index in [-0.39, 0.29) is 0 Å². The molecule has 0 saturated heterocycles. The minimum atomic E-state index is 0.460. The van der Waals surface area contributed by atoms with Crippen molar-refractivity contribution < 1.29 is 0 Å². The molecule has 0 aromatic carbocycles. The van der Waals surface area contributed by atoms with Gasteiger partial charge in [0, 0.05) is 0 Å². The first-order valence-electron chi connectivity index (χ1n) is 5.12. The van der Waals surface area contributed by atoms with Crippen molar-refractivity contribution in [2.45, 2.75) is 40.0 Å². The molecular formula is C11H19N3. The largest absolute Gasteiger partial charge is 0.382 e. The molecule has 0 fully saturated rings. The van der Waals surface area contributed by atoms with Crippen molar-refractivity contribution in [1.82, 2.24) is 10.2 Å². The number of hydrogen-bond donors (Lipinski definition) is 1. The number of aromatic nitrogens is 2. The van der Waals surface area contributed by atoms with Gasteiger partial charge in [-0.25, -0.2) is 0 Å². The maximum Gasteiger partial charge on any atom is 0.146 e. The molecule has 0 amide bonds. The zero-order chi connectivity index (χ0) is 10.7. The van der Waals surface area contributed by atoms with Crippen molar-refractivity contribution in [1.29, 1.82) is 0 Å². The lowest BCUT2D eigenvalue weighted by Gasteiger charge is -2.12. The Kier molecular flexibility index (Phi) is 3.44. The van der Waals surface area contributed by atoms with Crippen LogP contribution in [0.15, 0.2) is 6.07 Å². The van der Waals surface area contributed by atoms with Gasteiger partial charge in [0.25, 0.3) is 0 Å². The molecule has 0 spiro atoms. The second kappa shape index (κ2) is 4.40. The number of hydrogen-bond acceptors (Lipinski definition) is 3. The molecule has 3 nitrogen and oxygen atoms in total. The van der Waals surface area contributed by atoms with Gasteiger partial charge in [0.15, 0.2) is 0 Å². The zero-order valence-electron chi connectivity index (χ0n) is 9.41. The van der Waals surface area contributed by atoms with Crippen LogP contribution in [-0.4, -0.2) is 10.2 Å². The third kappa shape index (κ3) is 2.69. The maximum absolute atomic E-state index is 5.62. The van der Waals surface area contributed by atoms with Crippen molar-refractivity contribution in [2.24, 2.45) is 5.92 Å². The number of rotatable bonds is 3. The van der Waals surface area contributed by atoms with Crippen molar-refractivity contribution >= 4 is 5.82 Å². The summed E-state index contributed by atoms with van der Waals surface area (Å²) in [6.45, 7) is 8.67. The van der Waals surface area contributed by atoms with Crippen LogP contribution in [0.4, 0.5) is 5.82 Å². The summed E-state index contributed by atoms with van der Waals surface area (Å²) in [5, 5.41) is 8.07. The van der Waals surface area contributed by atoms with Crippen LogP contribution in [0.5, 0.6) is 0 Å². The van der Waals surface area contributed by atoms with Crippen LogP contribution in [-0.2, 0) is 6.42 Å². The summed E-state index contributed by atoms with van der Waals surface area (Å²) >= 11 is 0. The highest BCUT2D eigenvalue weighted by Crippen LogP contribution is 2.20. The van der Waals surface area contributed by atoms with E-state index in [1.165, 1.54) is 5.56 Å². The monoisotopic (exact) mass is 193 g/mol. The zero-order valence-corrected chi connectivity index (χ0v) is 9.41. The van der Waals surface area contributed by atoms with E-state index >= 15 is 0 Å². The fourth-order valence-electron chi connectivity index (χ4n) is 1.49. The molecule has 1 aromatic heterocycles. The Hall–Kier alpha value is -1.12. The van der Waals surface area contributed by atoms with Crippen molar-refractivity contribution in [2.75, 3.05) is 5.73 Å². The molecular weight excluding hydrogens is 174 g/mol. The molecule has 1 aromatic rings. The fourth-order valence-corrected chi connectivity index (χ4v) is 1.49. The molecule has 0 radical (unpaired) electrons. The molecule has 1 heterocycles. The normalized spacial score (nSPS) is 11.3. The first-order valence-corrected chi connectivity index (χ1v) is 5.12. The lowest BCUT2D eigenvalue weighted by molar-refractivity contribution is 0.617. The van der Waals surface area contributed by atoms with E-state index in [0.717, 1.165) is 12.1 Å². The molecule has 0 atom stereocenters. The van der Waals surface area contributed by atoms with Crippen LogP contribution < -0.4 is 5.73 Å². The summed E-state index contributed by atoms with van der Waals surface area (Å²) in [6, 6.07) is 1.94. The van der Waals surface area contributed by atoms with Crippen molar-refractivity contribution in [3.8, 4) is 0 Å². The predicted molar refractivity (Wildman–Crippen MR) is 59.1 cm³/mol. The topological polar surface area (TPSA) is 51.8 Å². The van der Waals surface area contributed by atoms with Gasteiger partial charge in [-0.1, -0.05) is 27.7 Å². The van der Waals surface area contributed by atoms with Crippen molar-refractivity contribution in [3.63, 3.8) is 0 Å². The summed E-state index contributed by atoms with van der Waals surface area (Å²) in [4.78, 5) is 0. The second-order valence-corrected chi connectivity index (χ2v) is 4.42. The van der Waals surface area contributed by atoms with Gasteiger partial charge in [-0.3, -0.25) is 0 Å². The van der Waals surface area contributed by atoms with E-state index < -0.39 is 0 Å². The van der Waals surface area contributed by atoms with Crippen LogP contribution in [0.25, 0.3) is 0 Å². The lowest BCUT2D eigenvalue weighted by Crippen LogP contribution is -2.07. The first kappa shape index (κ1) is 11.0. The molecule has 0 unspecified atom stereocenters. The van der Waals surface area contributed by atoms with Crippen LogP contribution in [0, 0.1) is 5.92 Å². The number of nitrogen functional groups attached to an aromatic ring is 1. The summed E-state index contributed by atoms with van der Waals surface area (Å²) in [6.07, 6.45) is 0.973. The summed E-state index contributed by atoms with van der Waals surface area (Å²) in [5.41, 5.74) is 7.94. The third-order valence-electron chi connectivity index (χ3n) is 2.15. The quantitative estimate of drug-likeness (QED) is 0.801. The van der Waals surface area contributed by atoms with Gasteiger partial charge in [-0.05, 0) is 29.9 Å². The maximum atomic E-state index is 5.62. The van der Waals surface area contributed by atoms with Gasteiger partial charge in [0.05, 0.1) is 5.69 Å². The van der Waals surface area contributed by atoms with E-state index in [1.807, 2.05) is 6.07 Å². The Balaban J connectivity index is 3.02. The average molecular weight is 193 g/mol. The molecule has 0 aliphatic heterocycles. The Morgan fingerprint density at radius 3 is 2.36 bits per heavy atom. The average Bonchev–Trinajstić information content (AvgIpc) is 2.07. The SMILES string of the molecule is CC(C)Cc1nnc(N)cc1C(C)C. The minimum absolute atomic E-state index is 0.460. The lowest BCUT2D eigenvalue weighted by atomic mass is 9.97. The number of anilines is 1. The highest BCUT2D eigenvalue weighted by molar-refractivity contribution is 5.35. The van der Waals surface area contributed by atoms with E-state index in [2.05, 4.69) is 37.9 Å². The van der Waals surface area contributed by atoms with E-state index in [0.29, 0.717) is 17.7 Å². The van der Waals surface area contributed by atoms with Crippen LogP contribution in [0.3, 0.4) is 0 Å². The smallest absolute Gasteiger partial charge is 0.146 e. The number of nitrogens with two attached hydrogens (primary N) is 1. The number of nitrogens with zero attached hydrogens (tertiary/aromatic N) is 2. The molecule has 0 bridgehead atoms. The van der Waals surface area contributed by atoms with Crippen molar-refractivity contribution in [3.05, 3.63) is 17.3 Å². The van der Waals surface area contributed by atoms with Crippen LogP contribution in [0.1, 0.15) is 44.9 Å². The summed E-state index contributed by atoms with van der Waals surface area (Å²) in [7, 11) is 0. The molecule has 0 aliphatic rings. The van der Waals surface area contributed by atoms with Crippen LogP contribution in [0.2, 0.25) is 0 Å². The second-order valence-electron chi connectivity index (χ2n) is 4.42. The molecule has 0 aliphatic carbocycles. The molecule has 0 saturated carbocycles. The standard InChI is InChI=1S/C11H19N3/c1-7(2)5-10-9(8(3)4)6-11(12)14-13-10/h6-8H,5H2,1-4H3,(H2,12,14). The third-order valence-corrected chi connectivity index (χ3v) is 2.15. The van der Waals surface area contributed by atoms with E-state index in [9.17, 15) is 0 Å². The first-order chi connectivity index (χ1) is 6.50. The molecule has 14 heavy (non-hydrogen) atoms. The minimum Gasteiger partial charge on any atom is -0.382 e. The van der Waals surface area contributed by atoms with E-state index in [1.54, 1.807) is 0 Å². The van der Waals surface area contributed by atoms with Gasteiger partial charge in [0.2, 0.25) is 0 Å². The van der Waals surface area contributed by atoms with Gasteiger partial charge >= 0.3 is 0 Å². The fraction of sp³-hybridized carbons (Fsp3) is 0.636. The van der Waals surface area contributed by atoms with Crippen LogP contribution >= 0.6 is 0 Å². The van der Waals surface area contributed by atoms with Gasteiger partial charge in [-0.15, -0.1) is 5.10 Å². The van der Waals surface area contributed by atoms with Gasteiger partial charge in [-0.2, -0.15) is 5.10 Å². The summed E-state index contributed by atoms with van der Waals surface area (Å²) in [5.74, 6) is 1.58. The Labute approximate surface area is 85.7 Å². The Bertz CT molecular complexity index is 305. The highest BCUT2D eigenvalue weighted by atomic mass is 15.1. The predicted octanol–water partition coefficient (Wildman–Crippen LogP) is 2.38. The van der Waals surface area contributed by atoms with Gasteiger partial charge < -0.3 is 5.73 Å². The Morgan fingerprint density at radius 1 is 1.21 bits per heavy atom. The van der Waals surface area contributed by atoms with E-state index in [4.69, 9.17) is 5.73 Å². The molecule has 1 rings (SSSR count). The molecule has 78 valence electrons. The highest BCUT2D eigenvalue weighted by Gasteiger charge is 2.10. The molecule has 2 N–H and O–H groups in total. The molecule has 3 heteroatoms.